The van der Waals surface area contributed by atoms with Crippen molar-refractivity contribution >= 4 is 21.6 Å². The molecule has 0 radical (unpaired) electrons. The van der Waals surface area contributed by atoms with Crippen LogP contribution in [0.1, 0.15) is 11.3 Å². The van der Waals surface area contributed by atoms with Gasteiger partial charge in [-0.2, -0.15) is 0 Å². The van der Waals surface area contributed by atoms with Crippen molar-refractivity contribution in [1.29, 1.82) is 0 Å². The van der Waals surface area contributed by atoms with Gasteiger partial charge in [-0.15, -0.1) is 0 Å². The Morgan fingerprint density at radius 1 is 1.11 bits per heavy atom. The van der Waals surface area contributed by atoms with Crippen LogP contribution in [0.2, 0.25) is 0 Å². The summed E-state index contributed by atoms with van der Waals surface area (Å²) in [4.78, 5) is 4.34. The molecule has 2 heterocycles. The molecule has 1 aromatic carbocycles. The molecule has 90 valence electrons. The van der Waals surface area contributed by atoms with Crippen LogP contribution in [0, 0.1) is 5.82 Å². The third-order valence-corrected chi connectivity index (χ3v) is 3.31. The fraction of sp³-hybridized carbons (Fsp3) is 0.0714. The number of aromatic nitrogens is 2. The van der Waals surface area contributed by atoms with E-state index in [0.717, 1.165) is 27.8 Å². The quantitative estimate of drug-likeness (QED) is 0.703. The maximum atomic E-state index is 12.8. The zero-order valence-electron chi connectivity index (χ0n) is 9.48. The summed E-state index contributed by atoms with van der Waals surface area (Å²) in [6.07, 6.45) is 4.57. The average Bonchev–Trinajstić information content (AvgIpc) is 2.75. The second-order valence-corrected chi connectivity index (χ2v) is 5.04. The summed E-state index contributed by atoms with van der Waals surface area (Å²) in [7, 11) is 0. The van der Waals surface area contributed by atoms with Gasteiger partial charge < -0.3 is 4.40 Å². The molecule has 2 nitrogen and oxygen atoms in total. The first kappa shape index (κ1) is 11.4. The number of benzene rings is 1. The van der Waals surface area contributed by atoms with Gasteiger partial charge in [0.05, 0.1) is 0 Å². The van der Waals surface area contributed by atoms with E-state index < -0.39 is 0 Å². The minimum atomic E-state index is -0.209. The molecule has 0 fully saturated rings. The molecule has 3 aromatic rings. The molecular formula is C14H10BrFN2. The highest BCUT2D eigenvalue weighted by Crippen LogP contribution is 2.16. The number of nitrogens with zero attached hydrogens (tertiary/aromatic N) is 2. The molecule has 0 atom stereocenters. The number of pyridine rings is 1. The second kappa shape index (κ2) is 4.53. The van der Waals surface area contributed by atoms with Crippen molar-refractivity contribution in [1.82, 2.24) is 9.38 Å². The Balaban J connectivity index is 1.99. The van der Waals surface area contributed by atoms with Gasteiger partial charge in [-0.3, -0.25) is 0 Å². The lowest BCUT2D eigenvalue weighted by Crippen LogP contribution is -1.94. The molecule has 0 amide bonds. The molecule has 4 heteroatoms. The van der Waals surface area contributed by atoms with Gasteiger partial charge in [0.2, 0.25) is 0 Å². The molecule has 0 spiro atoms. The van der Waals surface area contributed by atoms with Crippen LogP contribution >= 0.6 is 15.9 Å². The summed E-state index contributed by atoms with van der Waals surface area (Å²) < 4.78 is 15.9. The Morgan fingerprint density at radius 3 is 2.67 bits per heavy atom. The van der Waals surface area contributed by atoms with Crippen molar-refractivity contribution in [2.24, 2.45) is 0 Å². The minimum absolute atomic E-state index is 0.209. The van der Waals surface area contributed by atoms with Crippen LogP contribution in [0.15, 0.2) is 53.3 Å². The fourth-order valence-corrected chi connectivity index (χ4v) is 2.28. The number of halogens is 2. The maximum absolute atomic E-state index is 12.8. The fourth-order valence-electron chi connectivity index (χ4n) is 1.95. The first-order valence-corrected chi connectivity index (χ1v) is 6.37. The van der Waals surface area contributed by atoms with Crippen LogP contribution < -0.4 is 0 Å². The van der Waals surface area contributed by atoms with Gasteiger partial charge in [0.1, 0.15) is 11.5 Å². The largest absolute Gasteiger partial charge is 0.303 e. The summed E-state index contributed by atoms with van der Waals surface area (Å²) >= 11 is 3.45. The Labute approximate surface area is 112 Å². The van der Waals surface area contributed by atoms with E-state index in [4.69, 9.17) is 0 Å². The summed E-state index contributed by atoms with van der Waals surface area (Å²) in [5, 5.41) is 0. The van der Waals surface area contributed by atoms with E-state index in [1.807, 2.05) is 28.9 Å². The zero-order chi connectivity index (χ0) is 12.5. The van der Waals surface area contributed by atoms with Crippen LogP contribution in [-0.2, 0) is 6.42 Å². The lowest BCUT2D eigenvalue weighted by molar-refractivity contribution is 0.627. The molecule has 0 aliphatic carbocycles. The highest BCUT2D eigenvalue weighted by molar-refractivity contribution is 9.10. The lowest BCUT2D eigenvalue weighted by atomic mass is 10.1. The second-order valence-electron chi connectivity index (χ2n) is 4.13. The average molecular weight is 305 g/mol. The van der Waals surface area contributed by atoms with Crippen molar-refractivity contribution in [2.75, 3.05) is 0 Å². The molecular weight excluding hydrogens is 295 g/mol. The van der Waals surface area contributed by atoms with Crippen LogP contribution in [0.5, 0.6) is 0 Å². The van der Waals surface area contributed by atoms with Crippen molar-refractivity contribution in [2.45, 2.75) is 6.42 Å². The summed E-state index contributed by atoms with van der Waals surface area (Å²) in [6, 6.07) is 10.5. The Kier molecular flexibility index (Phi) is 2.88. The van der Waals surface area contributed by atoms with Gasteiger partial charge >= 0.3 is 0 Å². The molecule has 0 bridgehead atoms. The summed E-state index contributed by atoms with van der Waals surface area (Å²) in [5.74, 6) is -0.209. The SMILES string of the molecule is Fc1ccc(Cc2cnc3ccc(Br)cn23)cc1. The maximum Gasteiger partial charge on any atom is 0.136 e. The van der Waals surface area contributed by atoms with Crippen molar-refractivity contribution in [3.63, 3.8) is 0 Å². The van der Waals surface area contributed by atoms with Crippen LogP contribution in [0.25, 0.3) is 5.65 Å². The first-order valence-electron chi connectivity index (χ1n) is 5.58. The van der Waals surface area contributed by atoms with E-state index in [1.54, 1.807) is 12.1 Å². The van der Waals surface area contributed by atoms with E-state index in [9.17, 15) is 4.39 Å². The van der Waals surface area contributed by atoms with Gasteiger partial charge in [0.15, 0.2) is 0 Å². The highest BCUT2D eigenvalue weighted by Gasteiger charge is 2.04. The minimum Gasteiger partial charge on any atom is -0.303 e. The van der Waals surface area contributed by atoms with Gasteiger partial charge in [0, 0.05) is 29.0 Å². The smallest absolute Gasteiger partial charge is 0.136 e. The van der Waals surface area contributed by atoms with Crippen molar-refractivity contribution in [3.8, 4) is 0 Å². The topological polar surface area (TPSA) is 17.3 Å². The summed E-state index contributed by atoms with van der Waals surface area (Å²) in [6.45, 7) is 0. The molecule has 0 N–H and O–H groups in total. The number of hydrogen-bond donors (Lipinski definition) is 0. The monoisotopic (exact) mass is 304 g/mol. The van der Waals surface area contributed by atoms with Gasteiger partial charge in [-0.1, -0.05) is 12.1 Å². The predicted molar refractivity (Wildman–Crippen MR) is 72.1 cm³/mol. The molecule has 18 heavy (non-hydrogen) atoms. The summed E-state index contributed by atoms with van der Waals surface area (Å²) in [5.41, 5.74) is 3.06. The van der Waals surface area contributed by atoms with Crippen molar-refractivity contribution < 1.29 is 4.39 Å². The lowest BCUT2D eigenvalue weighted by Gasteiger charge is -2.03. The van der Waals surface area contributed by atoms with Crippen molar-refractivity contribution in [3.05, 3.63) is 70.3 Å². The number of imidazole rings is 1. The molecule has 2 aromatic heterocycles. The van der Waals surface area contributed by atoms with Gasteiger partial charge in [0.25, 0.3) is 0 Å². The van der Waals surface area contributed by atoms with Crippen LogP contribution in [0.3, 0.4) is 0 Å². The molecule has 3 rings (SSSR count). The van der Waals surface area contributed by atoms with Gasteiger partial charge in [-0.05, 0) is 45.8 Å². The third kappa shape index (κ3) is 2.16. The van der Waals surface area contributed by atoms with E-state index in [0.29, 0.717) is 0 Å². The highest BCUT2D eigenvalue weighted by atomic mass is 79.9. The zero-order valence-corrected chi connectivity index (χ0v) is 11.1. The van der Waals surface area contributed by atoms with Crippen LogP contribution in [-0.4, -0.2) is 9.38 Å². The van der Waals surface area contributed by atoms with E-state index >= 15 is 0 Å². The van der Waals surface area contributed by atoms with E-state index in [1.165, 1.54) is 12.1 Å². The normalized spacial score (nSPS) is 11.0. The van der Waals surface area contributed by atoms with E-state index in [-0.39, 0.29) is 5.82 Å². The Hall–Kier alpha value is -1.68. The van der Waals surface area contributed by atoms with Gasteiger partial charge in [-0.25, -0.2) is 9.37 Å². The molecule has 0 saturated carbocycles. The predicted octanol–water partition coefficient (Wildman–Crippen LogP) is 3.83. The molecule has 0 aliphatic rings. The third-order valence-electron chi connectivity index (χ3n) is 2.84. The molecule has 0 aliphatic heterocycles. The first-order chi connectivity index (χ1) is 8.72. The Bertz CT molecular complexity index is 689. The number of fused-ring (bicyclic) bond motifs is 1. The number of hydrogen-bond acceptors (Lipinski definition) is 1. The van der Waals surface area contributed by atoms with Crippen LogP contribution in [0.4, 0.5) is 4.39 Å². The Morgan fingerprint density at radius 2 is 1.89 bits per heavy atom. The molecule has 0 unspecified atom stereocenters. The standard InChI is InChI=1S/C14H10BrFN2/c15-11-3-6-14-17-8-13(18(14)9-11)7-10-1-4-12(16)5-2-10/h1-6,8-9H,7H2. The van der Waals surface area contributed by atoms with E-state index in [2.05, 4.69) is 20.9 Å². The molecule has 0 saturated heterocycles. The number of rotatable bonds is 2.